The van der Waals surface area contributed by atoms with Gasteiger partial charge in [0.2, 0.25) is 0 Å². The molecule has 6 heteroatoms. The topological polar surface area (TPSA) is 73.0 Å². The van der Waals surface area contributed by atoms with Crippen LogP contribution in [-0.2, 0) is 13.1 Å². The highest BCUT2D eigenvalue weighted by atomic mass is 16.6. The average Bonchev–Trinajstić information content (AvgIpc) is 2.81. The number of nitrogens with one attached hydrogen (secondary N) is 1. The van der Waals surface area contributed by atoms with Gasteiger partial charge in [0.25, 0.3) is 5.69 Å². The highest BCUT2D eigenvalue weighted by Gasteiger charge is 2.04. The number of nitro benzene ring substituents is 1. The van der Waals surface area contributed by atoms with Crippen LogP contribution >= 0.6 is 0 Å². The van der Waals surface area contributed by atoms with Crippen molar-refractivity contribution in [3.8, 4) is 0 Å². The van der Waals surface area contributed by atoms with Crippen molar-refractivity contribution in [2.45, 2.75) is 20.0 Å². The van der Waals surface area contributed by atoms with Gasteiger partial charge in [0.15, 0.2) is 0 Å². The van der Waals surface area contributed by atoms with E-state index in [4.69, 9.17) is 0 Å². The van der Waals surface area contributed by atoms with Gasteiger partial charge in [-0.05, 0) is 18.1 Å². The predicted octanol–water partition coefficient (Wildman–Crippen LogP) is 1.89. The summed E-state index contributed by atoms with van der Waals surface area (Å²) in [5.41, 5.74) is 2.17. The van der Waals surface area contributed by atoms with Gasteiger partial charge in [-0.2, -0.15) is 5.10 Å². The van der Waals surface area contributed by atoms with Gasteiger partial charge in [-0.15, -0.1) is 0 Å². The molecule has 1 heterocycles. The van der Waals surface area contributed by atoms with Crippen LogP contribution in [0.3, 0.4) is 0 Å². The lowest BCUT2D eigenvalue weighted by Gasteiger charge is -2.05. The van der Waals surface area contributed by atoms with E-state index in [-0.39, 0.29) is 10.6 Å². The normalized spacial score (nSPS) is 10.6. The second-order valence-electron chi connectivity index (χ2n) is 4.38. The molecule has 6 nitrogen and oxygen atoms in total. The van der Waals surface area contributed by atoms with Gasteiger partial charge in [0.05, 0.1) is 17.7 Å². The fourth-order valence-corrected chi connectivity index (χ4v) is 1.80. The Morgan fingerprint density at radius 1 is 1.47 bits per heavy atom. The fraction of sp³-hybridized carbons (Fsp3) is 0.308. The van der Waals surface area contributed by atoms with E-state index in [1.54, 1.807) is 12.1 Å². The maximum absolute atomic E-state index is 10.6. The van der Waals surface area contributed by atoms with Crippen LogP contribution in [0.5, 0.6) is 0 Å². The molecular formula is C13H16N4O2. The second-order valence-corrected chi connectivity index (χ2v) is 4.38. The maximum atomic E-state index is 10.6. The molecule has 0 fully saturated rings. The third-order valence-corrected chi connectivity index (χ3v) is 2.73. The highest BCUT2D eigenvalue weighted by Crippen LogP contribution is 2.12. The molecule has 1 aromatic heterocycles. The van der Waals surface area contributed by atoms with Crippen molar-refractivity contribution in [1.82, 2.24) is 15.1 Å². The summed E-state index contributed by atoms with van der Waals surface area (Å²) >= 11 is 0. The summed E-state index contributed by atoms with van der Waals surface area (Å²) < 4.78 is 1.87. The minimum absolute atomic E-state index is 0.127. The van der Waals surface area contributed by atoms with Crippen LogP contribution in [0.2, 0.25) is 0 Å². The summed E-state index contributed by atoms with van der Waals surface area (Å²) in [7, 11) is 0. The monoisotopic (exact) mass is 260 g/mol. The summed E-state index contributed by atoms with van der Waals surface area (Å²) in [5, 5.41) is 18.1. The number of nitro groups is 1. The Bertz CT molecular complexity index is 565. The third kappa shape index (κ3) is 3.89. The van der Waals surface area contributed by atoms with Crippen molar-refractivity contribution < 1.29 is 4.92 Å². The molecule has 0 aliphatic rings. The average molecular weight is 260 g/mol. The number of hydrogen-bond donors (Lipinski definition) is 1. The number of non-ortho nitro benzene ring substituents is 1. The molecule has 0 unspecified atom stereocenters. The van der Waals surface area contributed by atoms with Crippen LogP contribution in [0.15, 0.2) is 36.7 Å². The number of benzene rings is 1. The zero-order chi connectivity index (χ0) is 13.7. The van der Waals surface area contributed by atoms with Gasteiger partial charge in [-0.3, -0.25) is 14.8 Å². The third-order valence-electron chi connectivity index (χ3n) is 2.73. The summed E-state index contributed by atoms with van der Waals surface area (Å²) in [6.45, 7) is 4.16. The van der Waals surface area contributed by atoms with E-state index in [0.29, 0.717) is 6.54 Å². The van der Waals surface area contributed by atoms with Gasteiger partial charge in [-0.1, -0.05) is 12.1 Å². The zero-order valence-electron chi connectivity index (χ0n) is 10.7. The number of rotatable bonds is 6. The molecule has 2 rings (SSSR count). The smallest absolute Gasteiger partial charge is 0.269 e. The Morgan fingerprint density at radius 2 is 2.32 bits per heavy atom. The molecule has 0 aliphatic carbocycles. The quantitative estimate of drug-likeness (QED) is 0.489. The van der Waals surface area contributed by atoms with E-state index in [9.17, 15) is 10.1 Å². The lowest BCUT2D eigenvalue weighted by molar-refractivity contribution is -0.384. The highest BCUT2D eigenvalue weighted by molar-refractivity contribution is 5.34. The minimum Gasteiger partial charge on any atom is -0.311 e. The number of nitrogens with zero attached hydrogens (tertiary/aromatic N) is 3. The molecule has 0 spiro atoms. The SMILES string of the molecule is Cc1cnn(CCNCc2cccc([N+](=O)[O-])c2)c1. The standard InChI is InChI=1S/C13H16N4O2/c1-11-8-15-16(10-11)6-5-14-9-12-3-2-4-13(7-12)17(18)19/h2-4,7-8,10,14H,5-6,9H2,1H3. The van der Waals surface area contributed by atoms with Crippen molar-refractivity contribution in [2.24, 2.45) is 0 Å². The maximum Gasteiger partial charge on any atom is 0.269 e. The van der Waals surface area contributed by atoms with Gasteiger partial charge in [0.1, 0.15) is 0 Å². The first-order valence-electron chi connectivity index (χ1n) is 6.08. The molecule has 0 aliphatic heterocycles. The van der Waals surface area contributed by atoms with E-state index < -0.39 is 0 Å². The second kappa shape index (κ2) is 6.10. The largest absolute Gasteiger partial charge is 0.311 e. The molecule has 2 aromatic rings. The summed E-state index contributed by atoms with van der Waals surface area (Å²) in [4.78, 5) is 10.3. The summed E-state index contributed by atoms with van der Waals surface area (Å²) in [5.74, 6) is 0. The Hall–Kier alpha value is -2.21. The Balaban J connectivity index is 1.79. The molecule has 19 heavy (non-hydrogen) atoms. The Labute approximate surface area is 111 Å². The van der Waals surface area contributed by atoms with Crippen molar-refractivity contribution in [2.75, 3.05) is 6.54 Å². The first kappa shape index (κ1) is 13.2. The van der Waals surface area contributed by atoms with Crippen LogP contribution in [0.4, 0.5) is 5.69 Å². The van der Waals surface area contributed by atoms with Gasteiger partial charge in [-0.25, -0.2) is 0 Å². The lowest BCUT2D eigenvalue weighted by atomic mass is 10.2. The Morgan fingerprint density at radius 3 is 3.00 bits per heavy atom. The minimum atomic E-state index is -0.379. The lowest BCUT2D eigenvalue weighted by Crippen LogP contribution is -2.19. The predicted molar refractivity (Wildman–Crippen MR) is 71.8 cm³/mol. The van der Waals surface area contributed by atoms with E-state index in [2.05, 4.69) is 10.4 Å². The zero-order valence-corrected chi connectivity index (χ0v) is 10.7. The number of aromatic nitrogens is 2. The molecular weight excluding hydrogens is 244 g/mol. The van der Waals surface area contributed by atoms with E-state index in [0.717, 1.165) is 24.2 Å². The van der Waals surface area contributed by atoms with Gasteiger partial charge in [0, 0.05) is 31.4 Å². The van der Waals surface area contributed by atoms with Crippen molar-refractivity contribution in [3.63, 3.8) is 0 Å². The first-order valence-corrected chi connectivity index (χ1v) is 6.08. The fourth-order valence-electron chi connectivity index (χ4n) is 1.80. The Kier molecular flexibility index (Phi) is 4.25. The van der Waals surface area contributed by atoms with E-state index >= 15 is 0 Å². The molecule has 0 radical (unpaired) electrons. The molecule has 0 saturated heterocycles. The van der Waals surface area contributed by atoms with Crippen LogP contribution in [0.25, 0.3) is 0 Å². The van der Waals surface area contributed by atoms with Gasteiger partial charge >= 0.3 is 0 Å². The molecule has 100 valence electrons. The number of hydrogen-bond acceptors (Lipinski definition) is 4. The van der Waals surface area contributed by atoms with E-state index in [1.165, 1.54) is 6.07 Å². The molecule has 0 bridgehead atoms. The molecule has 0 atom stereocenters. The van der Waals surface area contributed by atoms with Crippen molar-refractivity contribution in [3.05, 3.63) is 57.9 Å². The van der Waals surface area contributed by atoms with Crippen molar-refractivity contribution in [1.29, 1.82) is 0 Å². The summed E-state index contributed by atoms with van der Waals surface area (Å²) in [6.07, 6.45) is 3.80. The first-order chi connectivity index (χ1) is 9.15. The van der Waals surface area contributed by atoms with E-state index in [1.807, 2.05) is 30.1 Å². The van der Waals surface area contributed by atoms with Gasteiger partial charge < -0.3 is 5.32 Å². The summed E-state index contributed by atoms with van der Waals surface area (Å²) in [6, 6.07) is 6.66. The van der Waals surface area contributed by atoms with Crippen LogP contribution in [0, 0.1) is 17.0 Å². The molecule has 0 amide bonds. The molecule has 0 saturated carbocycles. The molecule has 1 N–H and O–H groups in total. The number of aryl methyl sites for hydroxylation is 1. The van der Waals surface area contributed by atoms with Crippen LogP contribution in [-0.4, -0.2) is 21.2 Å². The van der Waals surface area contributed by atoms with Crippen LogP contribution < -0.4 is 5.32 Å². The molecule has 1 aromatic carbocycles. The van der Waals surface area contributed by atoms with Crippen molar-refractivity contribution >= 4 is 5.69 Å². The van der Waals surface area contributed by atoms with Crippen LogP contribution in [0.1, 0.15) is 11.1 Å².